The number of nitriles is 1. The molecule has 1 aliphatic heterocycles. The molecular formula is C17H19N3O2S. The Labute approximate surface area is 139 Å². The average molecular weight is 329 g/mol. The van der Waals surface area contributed by atoms with Crippen LogP contribution in [0.4, 0.5) is 0 Å². The highest BCUT2D eigenvalue weighted by molar-refractivity contribution is 7.98. The monoisotopic (exact) mass is 329 g/mol. The van der Waals surface area contributed by atoms with Gasteiger partial charge in [0.2, 0.25) is 0 Å². The topological polar surface area (TPSA) is 71.1 Å². The van der Waals surface area contributed by atoms with Crippen molar-refractivity contribution in [3.8, 4) is 6.07 Å². The van der Waals surface area contributed by atoms with Crippen molar-refractivity contribution in [3.63, 3.8) is 0 Å². The van der Waals surface area contributed by atoms with Gasteiger partial charge >= 0.3 is 0 Å². The van der Waals surface area contributed by atoms with E-state index in [-0.39, 0.29) is 12.7 Å². The summed E-state index contributed by atoms with van der Waals surface area (Å²) < 4.78 is 7.76. The summed E-state index contributed by atoms with van der Waals surface area (Å²) in [5, 5.41) is 19.2. The average Bonchev–Trinajstić information content (AvgIpc) is 3.24. The zero-order chi connectivity index (χ0) is 16.1. The van der Waals surface area contributed by atoms with Gasteiger partial charge in [0.25, 0.3) is 0 Å². The Morgan fingerprint density at radius 2 is 2.22 bits per heavy atom. The lowest BCUT2D eigenvalue weighted by molar-refractivity contribution is 0.0930. The Balaban J connectivity index is 1.68. The lowest BCUT2D eigenvalue weighted by atomic mass is 10.2. The molecule has 3 rings (SSSR count). The van der Waals surface area contributed by atoms with Crippen molar-refractivity contribution < 1.29 is 9.84 Å². The highest BCUT2D eigenvalue weighted by Crippen LogP contribution is 2.25. The fourth-order valence-corrected chi connectivity index (χ4v) is 3.61. The van der Waals surface area contributed by atoms with E-state index in [1.165, 1.54) is 0 Å². The van der Waals surface area contributed by atoms with E-state index < -0.39 is 0 Å². The molecule has 6 heteroatoms. The van der Waals surface area contributed by atoms with E-state index >= 15 is 0 Å². The molecule has 0 aliphatic carbocycles. The molecule has 0 radical (unpaired) electrons. The number of ether oxygens (including phenoxy) is 1. The van der Waals surface area contributed by atoms with Gasteiger partial charge in [-0.2, -0.15) is 5.26 Å². The molecule has 1 saturated heterocycles. The molecule has 0 spiro atoms. The molecule has 2 aromatic rings. The zero-order valence-electron chi connectivity index (χ0n) is 12.8. The minimum Gasteiger partial charge on any atom is -0.390 e. The van der Waals surface area contributed by atoms with Crippen LogP contribution in [0.2, 0.25) is 0 Å². The van der Waals surface area contributed by atoms with Crippen molar-refractivity contribution in [2.75, 3.05) is 6.61 Å². The van der Waals surface area contributed by atoms with E-state index in [0.29, 0.717) is 5.56 Å². The minimum absolute atomic E-state index is 0.0167. The van der Waals surface area contributed by atoms with Gasteiger partial charge in [-0.3, -0.25) is 0 Å². The summed E-state index contributed by atoms with van der Waals surface area (Å²) in [4.78, 5) is 4.44. The van der Waals surface area contributed by atoms with Gasteiger partial charge in [0.1, 0.15) is 0 Å². The summed E-state index contributed by atoms with van der Waals surface area (Å²) in [5.41, 5.74) is 2.63. The van der Waals surface area contributed by atoms with Crippen LogP contribution < -0.4 is 0 Å². The van der Waals surface area contributed by atoms with Crippen molar-refractivity contribution >= 4 is 11.8 Å². The zero-order valence-corrected chi connectivity index (χ0v) is 13.6. The molecule has 1 atom stereocenters. The van der Waals surface area contributed by atoms with Crippen LogP contribution in [0.3, 0.4) is 0 Å². The smallest absolute Gasteiger partial charge is 0.168 e. The second-order valence-electron chi connectivity index (χ2n) is 5.53. The van der Waals surface area contributed by atoms with Gasteiger partial charge in [0, 0.05) is 12.4 Å². The predicted octanol–water partition coefficient (Wildman–Crippen LogP) is 2.72. The van der Waals surface area contributed by atoms with Crippen molar-refractivity contribution in [3.05, 3.63) is 47.3 Å². The van der Waals surface area contributed by atoms with Crippen LogP contribution >= 0.6 is 11.8 Å². The molecule has 1 fully saturated rings. The molecule has 1 unspecified atom stereocenters. The summed E-state index contributed by atoms with van der Waals surface area (Å²) in [5.74, 6) is 0.777. The van der Waals surface area contributed by atoms with Crippen molar-refractivity contribution in [1.82, 2.24) is 9.55 Å². The van der Waals surface area contributed by atoms with Crippen LogP contribution in [0.5, 0.6) is 0 Å². The summed E-state index contributed by atoms with van der Waals surface area (Å²) in [6.07, 6.45) is 4.10. The number of imidazole rings is 1. The Morgan fingerprint density at radius 3 is 2.87 bits per heavy atom. The highest BCUT2D eigenvalue weighted by atomic mass is 32.2. The van der Waals surface area contributed by atoms with Crippen LogP contribution in [0.1, 0.15) is 29.7 Å². The first-order valence-corrected chi connectivity index (χ1v) is 8.67. The quantitative estimate of drug-likeness (QED) is 0.825. The summed E-state index contributed by atoms with van der Waals surface area (Å²) >= 11 is 1.64. The molecule has 0 saturated carbocycles. The number of rotatable bonds is 6. The molecule has 1 N–H and O–H groups in total. The third kappa shape index (κ3) is 3.94. The SMILES string of the molecule is N#Cc1ccc(CSc2ncc(CO)n2CC2CCCO2)cc1. The van der Waals surface area contributed by atoms with Gasteiger partial charge in [0.05, 0.1) is 42.8 Å². The maximum atomic E-state index is 9.51. The molecule has 1 aromatic carbocycles. The molecular weight excluding hydrogens is 310 g/mol. The second-order valence-corrected chi connectivity index (χ2v) is 6.48. The number of hydrogen-bond acceptors (Lipinski definition) is 5. The van der Waals surface area contributed by atoms with E-state index in [2.05, 4.69) is 15.6 Å². The molecule has 0 amide bonds. The van der Waals surface area contributed by atoms with Crippen LogP contribution in [0.15, 0.2) is 35.6 Å². The molecule has 2 heterocycles. The van der Waals surface area contributed by atoms with Gasteiger partial charge in [0.15, 0.2) is 5.16 Å². The van der Waals surface area contributed by atoms with Gasteiger partial charge in [-0.15, -0.1) is 0 Å². The molecule has 23 heavy (non-hydrogen) atoms. The van der Waals surface area contributed by atoms with Gasteiger partial charge in [-0.1, -0.05) is 23.9 Å². The highest BCUT2D eigenvalue weighted by Gasteiger charge is 2.19. The number of thioether (sulfide) groups is 1. The molecule has 0 bridgehead atoms. The summed E-state index contributed by atoms with van der Waals surface area (Å²) in [7, 11) is 0. The summed E-state index contributed by atoms with van der Waals surface area (Å²) in [6, 6.07) is 9.71. The van der Waals surface area contributed by atoms with Gasteiger partial charge in [-0.05, 0) is 30.5 Å². The Kier molecular flexibility index (Phi) is 5.34. The predicted molar refractivity (Wildman–Crippen MR) is 87.8 cm³/mol. The van der Waals surface area contributed by atoms with E-state index in [9.17, 15) is 5.11 Å². The van der Waals surface area contributed by atoms with E-state index in [0.717, 1.165) is 48.2 Å². The first-order chi connectivity index (χ1) is 11.3. The molecule has 120 valence electrons. The van der Waals surface area contributed by atoms with Crippen LogP contribution in [0.25, 0.3) is 0 Å². The van der Waals surface area contributed by atoms with Crippen molar-refractivity contribution in [1.29, 1.82) is 5.26 Å². The third-order valence-corrected chi connectivity index (χ3v) is 4.99. The van der Waals surface area contributed by atoms with E-state index in [1.54, 1.807) is 18.0 Å². The fourth-order valence-electron chi connectivity index (χ4n) is 2.64. The number of aliphatic hydroxyl groups excluding tert-OH is 1. The largest absolute Gasteiger partial charge is 0.390 e. The van der Waals surface area contributed by atoms with E-state index in [1.807, 2.05) is 24.3 Å². The number of hydrogen-bond donors (Lipinski definition) is 1. The fraction of sp³-hybridized carbons (Fsp3) is 0.412. The van der Waals surface area contributed by atoms with Crippen molar-refractivity contribution in [2.24, 2.45) is 0 Å². The van der Waals surface area contributed by atoms with Gasteiger partial charge in [-0.25, -0.2) is 4.98 Å². The molecule has 1 aliphatic rings. The first kappa shape index (κ1) is 16.1. The number of aromatic nitrogens is 2. The van der Waals surface area contributed by atoms with Crippen LogP contribution in [-0.4, -0.2) is 27.4 Å². The molecule has 1 aromatic heterocycles. The number of aliphatic hydroxyl groups is 1. The number of nitrogens with zero attached hydrogens (tertiary/aromatic N) is 3. The number of benzene rings is 1. The maximum absolute atomic E-state index is 9.51. The summed E-state index contributed by atoms with van der Waals surface area (Å²) in [6.45, 7) is 1.55. The Hall–Kier alpha value is -1.81. The third-order valence-electron chi connectivity index (χ3n) is 3.92. The lowest BCUT2D eigenvalue weighted by Crippen LogP contribution is -2.17. The second kappa shape index (κ2) is 7.64. The minimum atomic E-state index is -0.0167. The lowest BCUT2D eigenvalue weighted by Gasteiger charge is -2.15. The van der Waals surface area contributed by atoms with Crippen LogP contribution in [0, 0.1) is 11.3 Å². The Morgan fingerprint density at radius 1 is 1.39 bits per heavy atom. The maximum Gasteiger partial charge on any atom is 0.168 e. The first-order valence-electron chi connectivity index (χ1n) is 7.69. The Bertz CT molecular complexity index is 685. The normalized spacial score (nSPS) is 17.3. The van der Waals surface area contributed by atoms with Crippen LogP contribution in [-0.2, 0) is 23.6 Å². The van der Waals surface area contributed by atoms with Gasteiger partial charge < -0.3 is 14.4 Å². The van der Waals surface area contributed by atoms with Crippen molar-refractivity contribution in [2.45, 2.75) is 43.0 Å². The standard InChI is InChI=1S/C17H19N3O2S/c18-8-13-3-5-14(6-4-13)12-23-17-19-9-15(11-21)20(17)10-16-2-1-7-22-16/h3-6,9,16,21H,1-2,7,10-12H2. The molecule has 5 nitrogen and oxygen atoms in total. The van der Waals surface area contributed by atoms with E-state index in [4.69, 9.17) is 10.00 Å².